The summed E-state index contributed by atoms with van der Waals surface area (Å²) in [4.78, 5) is 12.2. The second kappa shape index (κ2) is 8.20. The molecule has 2 aliphatic rings. The van der Waals surface area contributed by atoms with E-state index in [1.165, 1.54) is 12.8 Å². The van der Waals surface area contributed by atoms with E-state index in [-0.39, 0.29) is 30.5 Å². The van der Waals surface area contributed by atoms with Gasteiger partial charge in [-0.25, -0.2) is 0 Å². The number of hydrogen-bond donors (Lipinski definition) is 2. The van der Waals surface area contributed by atoms with Crippen molar-refractivity contribution in [3.8, 4) is 0 Å². The molecule has 0 radical (unpaired) electrons. The van der Waals surface area contributed by atoms with Gasteiger partial charge in [-0.2, -0.15) is 0 Å². The zero-order valence-electron chi connectivity index (χ0n) is 12.9. The van der Waals surface area contributed by atoms with Gasteiger partial charge in [0, 0.05) is 12.6 Å². The minimum atomic E-state index is -0.184. The SMILES string of the molecule is CC(C)C1CCC(NC(=O)[C@H]2NCCO[C@@H]2C)CC1.Cl. The molecule has 0 spiro atoms. The van der Waals surface area contributed by atoms with Crippen LogP contribution >= 0.6 is 12.4 Å². The van der Waals surface area contributed by atoms with E-state index < -0.39 is 0 Å². The van der Waals surface area contributed by atoms with Gasteiger partial charge in [0.1, 0.15) is 6.04 Å². The fraction of sp³-hybridized carbons (Fsp3) is 0.933. The molecule has 1 saturated heterocycles. The van der Waals surface area contributed by atoms with Crippen molar-refractivity contribution in [2.75, 3.05) is 13.2 Å². The Morgan fingerprint density at radius 1 is 1.25 bits per heavy atom. The van der Waals surface area contributed by atoms with Crippen molar-refractivity contribution in [2.45, 2.75) is 64.6 Å². The molecule has 1 saturated carbocycles. The third-order valence-corrected chi connectivity index (χ3v) is 4.66. The first kappa shape index (κ1) is 17.7. The molecule has 4 nitrogen and oxygen atoms in total. The molecule has 1 heterocycles. The Kier molecular flexibility index (Phi) is 7.27. The summed E-state index contributed by atoms with van der Waals surface area (Å²) in [5.41, 5.74) is 0. The summed E-state index contributed by atoms with van der Waals surface area (Å²) >= 11 is 0. The molecule has 1 aliphatic heterocycles. The zero-order chi connectivity index (χ0) is 13.8. The maximum atomic E-state index is 12.2. The first-order chi connectivity index (χ1) is 9.08. The first-order valence-electron chi connectivity index (χ1n) is 7.73. The molecule has 20 heavy (non-hydrogen) atoms. The molecular weight excluding hydrogens is 276 g/mol. The van der Waals surface area contributed by atoms with Crippen LogP contribution in [0.1, 0.15) is 46.5 Å². The monoisotopic (exact) mass is 304 g/mol. The molecule has 0 unspecified atom stereocenters. The van der Waals surface area contributed by atoms with E-state index in [0.29, 0.717) is 12.6 Å². The smallest absolute Gasteiger partial charge is 0.240 e. The molecule has 1 amide bonds. The lowest BCUT2D eigenvalue weighted by atomic mass is 9.79. The largest absolute Gasteiger partial charge is 0.375 e. The van der Waals surface area contributed by atoms with Gasteiger partial charge < -0.3 is 15.4 Å². The third kappa shape index (κ3) is 4.61. The number of nitrogens with one attached hydrogen (secondary N) is 2. The van der Waals surface area contributed by atoms with Crippen LogP contribution in [0.3, 0.4) is 0 Å². The van der Waals surface area contributed by atoms with E-state index in [1.807, 2.05) is 6.92 Å². The maximum Gasteiger partial charge on any atom is 0.240 e. The van der Waals surface area contributed by atoms with E-state index in [2.05, 4.69) is 24.5 Å². The van der Waals surface area contributed by atoms with E-state index in [0.717, 1.165) is 31.2 Å². The van der Waals surface area contributed by atoms with Crippen LogP contribution in [0.2, 0.25) is 0 Å². The summed E-state index contributed by atoms with van der Waals surface area (Å²) in [5.74, 6) is 1.72. The van der Waals surface area contributed by atoms with Crippen LogP contribution in [0.25, 0.3) is 0 Å². The van der Waals surface area contributed by atoms with Crippen LogP contribution in [-0.4, -0.2) is 37.2 Å². The van der Waals surface area contributed by atoms with Gasteiger partial charge in [-0.15, -0.1) is 12.4 Å². The van der Waals surface area contributed by atoms with Crippen LogP contribution in [0.5, 0.6) is 0 Å². The van der Waals surface area contributed by atoms with E-state index in [4.69, 9.17) is 4.74 Å². The Bertz CT molecular complexity index is 304. The molecule has 2 fully saturated rings. The van der Waals surface area contributed by atoms with Crippen molar-refractivity contribution in [3.63, 3.8) is 0 Å². The van der Waals surface area contributed by atoms with E-state index in [1.54, 1.807) is 0 Å². The summed E-state index contributed by atoms with van der Waals surface area (Å²) in [7, 11) is 0. The molecule has 0 bridgehead atoms. The van der Waals surface area contributed by atoms with Crippen LogP contribution < -0.4 is 10.6 Å². The van der Waals surface area contributed by atoms with Crippen molar-refractivity contribution >= 4 is 18.3 Å². The topological polar surface area (TPSA) is 50.4 Å². The lowest BCUT2D eigenvalue weighted by molar-refractivity contribution is -0.129. The number of halogens is 1. The van der Waals surface area contributed by atoms with Crippen molar-refractivity contribution in [3.05, 3.63) is 0 Å². The maximum absolute atomic E-state index is 12.2. The van der Waals surface area contributed by atoms with Gasteiger partial charge in [0.05, 0.1) is 12.7 Å². The number of carbonyl (C=O) groups excluding carboxylic acids is 1. The normalized spacial score (nSPS) is 34.4. The Balaban J connectivity index is 0.00000200. The fourth-order valence-corrected chi connectivity index (χ4v) is 3.25. The predicted molar refractivity (Wildman–Crippen MR) is 83.2 cm³/mol. The van der Waals surface area contributed by atoms with Crippen molar-refractivity contribution in [1.29, 1.82) is 0 Å². The molecule has 0 aromatic rings. The molecule has 2 rings (SSSR count). The van der Waals surface area contributed by atoms with Crippen LogP contribution in [0.15, 0.2) is 0 Å². The van der Waals surface area contributed by atoms with Crippen LogP contribution in [0.4, 0.5) is 0 Å². The van der Waals surface area contributed by atoms with E-state index >= 15 is 0 Å². The van der Waals surface area contributed by atoms with Gasteiger partial charge in [0.25, 0.3) is 0 Å². The number of carbonyl (C=O) groups is 1. The van der Waals surface area contributed by atoms with Gasteiger partial charge in [0.2, 0.25) is 5.91 Å². The van der Waals surface area contributed by atoms with Crippen molar-refractivity contribution in [1.82, 2.24) is 10.6 Å². The van der Waals surface area contributed by atoms with Crippen LogP contribution in [0, 0.1) is 11.8 Å². The highest BCUT2D eigenvalue weighted by Gasteiger charge is 2.31. The number of amides is 1. The predicted octanol–water partition coefficient (Wildman–Crippen LogP) is 2.12. The Morgan fingerprint density at radius 3 is 2.45 bits per heavy atom. The fourth-order valence-electron chi connectivity index (χ4n) is 3.25. The second-order valence-corrected chi connectivity index (χ2v) is 6.37. The first-order valence-corrected chi connectivity index (χ1v) is 7.73. The summed E-state index contributed by atoms with van der Waals surface area (Å²) in [6, 6.07) is 0.176. The van der Waals surface area contributed by atoms with E-state index in [9.17, 15) is 4.79 Å². The summed E-state index contributed by atoms with van der Waals surface area (Å²) in [6.45, 7) is 8.03. The Labute approximate surface area is 128 Å². The lowest BCUT2D eigenvalue weighted by Gasteiger charge is -2.34. The number of rotatable bonds is 3. The van der Waals surface area contributed by atoms with Gasteiger partial charge >= 0.3 is 0 Å². The van der Waals surface area contributed by atoms with Crippen molar-refractivity contribution < 1.29 is 9.53 Å². The summed E-state index contributed by atoms with van der Waals surface area (Å²) in [6.07, 6.45) is 4.70. The van der Waals surface area contributed by atoms with Gasteiger partial charge in [0.15, 0.2) is 0 Å². The lowest BCUT2D eigenvalue weighted by Crippen LogP contribution is -2.57. The quantitative estimate of drug-likeness (QED) is 0.840. The standard InChI is InChI=1S/C15H28N2O2.ClH/c1-10(2)12-4-6-13(7-5-12)17-15(18)14-11(3)19-9-8-16-14;/h10-14,16H,4-9H2,1-3H3,(H,17,18);1H/t11-,12?,13?,14+;/m1./s1. The summed E-state index contributed by atoms with van der Waals surface area (Å²) < 4.78 is 5.53. The molecule has 2 atom stereocenters. The Hall–Kier alpha value is -0.320. The van der Waals surface area contributed by atoms with Gasteiger partial charge in [-0.05, 0) is 44.4 Å². The third-order valence-electron chi connectivity index (χ3n) is 4.66. The van der Waals surface area contributed by atoms with Gasteiger partial charge in [-0.1, -0.05) is 13.8 Å². The number of morpholine rings is 1. The molecule has 1 aliphatic carbocycles. The highest BCUT2D eigenvalue weighted by atomic mass is 35.5. The molecule has 2 N–H and O–H groups in total. The molecule has 0 aromatic heterocycles. The van der Waals surface area contributed by atoms with Crippen LogP contribution in [-0.2, 0) is 9.53 Å². The molecule has 118 valence electrons. The molecule has 0 aromatic carbocycles. The zero-order valence-corrected chi connectivity index (χ0v) is 13.7. The average molecular weight is 305 g/mol. The van der Waals surface area contributed by atoms with Gasteiger partial charge in [-0.3, -0.25) is 4.79 Å². The number of hydrogen-bond acceptors (Lipinski definition) is 3. The minimum Gasteiger partial charge on any atom is -0.375 e. The second-order valence-electron chi connectivity index (χ2n) is 6.37. The molecular formula is C15H29ClN2O2. The molecule has 5 heteroatoms. The minimum absolute atomic E-state index is 0. The highest BCUT2D eigenvalue weighted by molar-refractivity contribution is 5.85. The van der Waals surface area contributed by atoms with Crippen molar-refractivity contribution in [2.24, 2.45) is 11.8 Å². The average Bonchev–Trinajstić information content (AvgIpc) is 2.39. The summed E-state index contributed by atoms with van der Waals surface area (Å²) in [5, 5.41) is 6.45. The number of ether oxygens (including phenoxy) is 1. The highest BCUT2D eigenvalue weighted by Crippen LogP contribution is 2.29. The Morgan fingerprint density at radius 2 is 1.90 bits per heavy atom.